The molecule has 102 valence electrons. The molecule has 1 aromatic heterocycles. The van der Waals surface area contributed by atoms with Crippen molar-refractivity contribution >= 4 is 16.9 Å². The van der Waals surface area contributed by atoms with Gasteiger partial charge in [0.05, 0.1) is 12.2 Å². The maximum atomic E-state index is 12.2. The van der Waals surface area contributed by atoms with Gasteiger partial charge in [-0.05, 0) is 25.0 Å². The molecule has 20 heavy (non-hydrogen) atoms. The Balaban J connectivity index is 1.81. The minimum absolute atomic E-state index is 0.0669. The Bertz CT molecular complexity index is 632. The minimum atomic E-state index is -0.952. The average molecular weight is 270 g/mol. The number of fused-ring (bicyclic) bond motifs is 1. The summed E-state index contributed by atoms with van der Waals surface area (Å²) in [6.45, 7) is 0.693. The van der Waals surface area contributed by atoms with Gasteiger partial charge in [0.15, 0.2) is 17.3 Å². The number of aromatic nitrogens is 1. The fourth-order valence-corrected chi connectivity index (χ4v) is 2.43. The van der Waals surface area contributed by atoms with Crippen molar-refractivity contribution in [2.75, 3.05) is 6.61 Å². The number of carbonyl (C=O) groups excluding carboxylic acids is 1. The highest BCUT2D eigenvalue weighted by Gasteiger charge is 2.29. The van der Waals surface area contributed by atoms with E-state index in [1.807, 2.05) is 18.2 Å². The maximum Gasteiger partial charge on any atom is 0.220 e. The molecular weight excluding hydrogens is 256 g/mol. The van der Waals surface area contributed by atoms with Crippen molar-refractivity contribution < 1.29 is 13.9 Å². The van der Waals surface area contributed by atoms with Crippen LogP contribution in [-0.4, -0.2) is 23.5 Å². The molecule has 0 N–H and O–H groups in total. The van der Waals surface area contributed by atoms with Crippen molar-refractivity contribution in [1.29, 1.82) is 5.26 Å². The molecule has 0 spiro atoms. The van der Waals surface area contributed by atoms with E-state index in [9.17, 15) is 10.1 Å². The lowest BCUT2D eigenvalue weighted by Crippen LogP contribution is -2.18. The van der Waals surface area contributed by atoms with Crippen LogP contribution in [-0.2, 0) is 9.53 Å². The van der Waals surface area contributed by atoms with Crippen molar-refractivity contribution in [3.05, 3.63) is 30.2 Å². The predicted octanol–water partition coefficient (Wildman–Crippen LogP) is 2.57. The number of oxazole rings is 1. The lowest BCUT2D eigenvalue weighted by atomic mass is 9.99. The first-order valence-electron chi connectivity index (χ1n) is 6.67. The standard InChI is InChI=1S/C15H14N2O3/c16-9-11(13(18)8-10-4-3-7-19-10)15-17-12-5-1-2-6-14(12)20-15/h1-2,5-6,10-11H,3-4,7-8H2/t10-,11-/m1/s1. The second-order valence-electron chi connectivity index (χ2n) is 4.89. The molecule has 1 saturated heterocycles. The second-order valence-corrected chi connectivity index (χ2v) is 4.89. The van der Waals surface area contributed by atoms with Gasteiger partial charge in [-0.2, -0.15) is 5.26 Å². The zero-order valence-electron chi connectivity index (χ0n) is 10.9. The molecule has 0 unspecified atom stereocenters. The van der Waals surface area contributed by atoms with Crippen LogP contribution in [0.5, 0.6) is 0 Å². The van der Waals surface area contributed by atoms with Gasteiger partial charge in [0.2, 0.25) is 5.89 Å². The quantitative estimate of drug-likeness (QED) is 0.853. The van der Waals surface area contributed by atoms with Gasteiger partial charge in [-0.3, -0.25) is 4.79 Å². The van der Waals surface area contributed by atoms with Crippen LogP contribution in [0, 0.1) is 11.3 Å². The summed E-state index contributed by atoms with van der Waals surface area (Å²) >= 11 is 0. The largest absolute Gasteiger partial charge is 0.439 e. The van der Waals surface area contributed by atoms with Crippen LogP contribution in [0.25, 0.3) is 11.1 Å². The molecule has 0 aliphatic carbocycles. The van der Waals surface area contributed by atoms with Crippen LogP contribution >= 0.6 is 0 Å². The molecule has 5 nitrogen and oxygen atoms in total. The van der Waals surface area contributed by atoms with Gasteiger partial charge < -0.3 is 9.15 Å². The van der Waals surface area contributed by atoms with Crippen LogP contribution < -0.4 is 0 Å². The van der Waals surface area contributed by atoms with E-state index in [-0.39, 0.29) is 24.2 Å². The lowest BCUT2D eigenvalue weighted by molar-refractivity contribution is -0.121. The molecule has 5 heteroatoms. The first-order valence-corrected chi connectivity index (χ1v) is 6.67. The number of nitrogens with zero attached hydrogens (tertiary/aromatic N) is 2. The predicted molar refractivity (Wildman–Crippen MR) is 71.0 cm³/mol. The third-order valence-electron chi connectivity index (χ3n) is 3.46. The van der Waals surface area contributed by atoms with Gasteiger partial charge >= 0.3 is 0 Å². The van der Waals surface area contributed by atoms with Gasteiger partial charge in [-0.25, -0.2) is 4.98 Å². The van der Waals surface area contributed by atoms with Crippen LogP contribution in [0.15, 0.2) is 28.7 Å². The van der Waals surface area contributed by atoms with Crippen LogP contribution in [0.3, 0.4) is 0 Å². The fraction of sp³-hybridized carbons (Fsp3) is 0.400. The summed E-state index contributed by atoms with van der Waals surface area (Å²) in [4.78, 5) is 16.4. The highest BCUT2D eigenvalue weighted by molar-refractivity contribution is 5.88. The van der Waals surface area contributed by atoms with Crippen LogP contribution in [0.1, 0.15) is 31.1 Å². The van der Waals surface area contributed by atoms with Crippen LogP contribution in [0.2, 0.25) is 0 Å². The monoisotopic (exact) mass is 270 g/mol. The number of ketones is 1. The summed E-state index contributed by atoms with van der Waals surface area (Å²) in [5, 5.41) is 9.24. The van der Waals surface area contributed by atoms with Crippen molar-refractivity contribution in [1.82, 2.24) is 4.98 Å². The molecule has 3 rings (SSSR count). The van der Waals surface area contributed by atoms with Crippen molar-refractivity contribution in [3.8, 4) is 6.07 Å². The van der Waals surface area contributed by atoms with Crippen LogP contribution in [0.4, 0.5) is 0 Å². The van der Waals surface area contributed by atoms with E-state index in [2.05, 4.69) is 4.98 Å². The second kappa shape index (κ2) is 5.43. The molecule has 0 saturated carbocycles. The van der Waals surface area contributed by atoms with Gasteiger partial charge in [0.25, 0.3) is 0 Å². The summed E-state index contributed by atoms with van der Waals surface area (Å²) in [6, 6.07) is 9.22. The number of para-hydroxylation sites is 2. The van der Waals surface area contributed by atoms with Crippen molar-refractivity contribution in [2.45, 2.75) is 31.3 Å². The maximum absolute atomic E-state index is 12.2. The van der Waals surface area contributed by atoms with E-state index in [0.717, 1.165) is 12.8 Å². The van der Waals surface area contributed by atoms with Gasteiger partial charge in [-0.15, -0.1) is 0 Å². The highest BCUT2D eigenvalue weighted by Crippen LogP contribution is 2.25. The van der Waals surface area contributed by atoms with E-state index in [4.69, 9.17) is 9.15 Å². The molecule has 1 fully saturated rings. The Kier molecular flexibility index (Phi) is 3.48. The Labute approximate surface area is 116 Å². The smallest absolute Gasteiger partial charge is 0.220 e. The molecule has 0 amide bonds. The number of Topliss-reactive ketones (excluding diaryl/α,β-unsaturated/α-hetero) is 1. The van der Waals surface area contributed by atoms with E-state index < -0.39 is 5.92 Å². The molecule has 2 heterocycles. The van der Waals surface area contributed by atoms with E-state index in [1.54, 1.807) is 12.1 Å². The Morgan fingerprint density at radius 3 is 3.05 bits per heavy atom. The zero-order valence-corrected chi connectivity index (χ0v) is 10.9. The zero-order chi connectivity index (χ0) is 13.9. The molecule has 0 radical (unpaired) electrons. The number of nitriles is 1. The number of ether oxygens (including phenoxy) is 1. The summed E-state index contributed by atoms with van der Waals surface area (Å²) in [5.74, 6) is -0.964. The van der Waals surface area contributed by atoms with Crippen molar-refractivity contribution in [3.63, 3.8) is 0 Å². The number of carbonyl (C=O) groups is 1. The van der Waals surface area contributed by atoms with Gasteiger partial charge in [0, 0.05) is 13.0 Å². The number of rotatable bonds is 4. The third kappa shape index (κ3) is 2.43. The Hall–Kier alpha value is -2.19. The number of hydrogen-bond acceptors (Lipinski definition) is 5. The minimum Gasteiger partial charge on any atom is -0.439 e. The number of hydrogen-bond donors (Lipinski definition) is 0. The molecule has 1 aliphatic rings. The molecular formula is C15H14N2O3. The molecule has 1 aromatic carbocycles. The Morgan fingerprint density at radius 2 is 2.35 bits per heavy atom. The highest BCUT2D eigenvalue weighted by atomic mass is 16.5. The van der Waals surface area contributed by atoms with E-state index in [0.29, 0.717) is 17.7 Å². The molecule has 2 atom stereocenters. The van der Waals surface area contributed by atoms with E-state index in [1.165, 1.54) is 0 Å². The first-order chi connectivity index (χ1) is 9.78. The SMILES string of the molecule is N#C[C@H](C(=O)C[C@H]1CCCO1)c1nc2ccccc2o1. The summed E-state index contributed by atoms with van der Waals surface area (Å²) in [7, 11) is 0. The Morgan fingerprint density at radius 1 is 1.50 bits per heavy atom. The summed E-state index contributed by atoms with van der Waals surface area (Å²) in [5.41, 5.74) is 1.25. The number of benzene rings is 1. The topological polar surface area (TPSA) is 76.1 Å². The first kappa shape index (κ1) is 12.8. The third-order valence-corrected chi connectivity index (χ3v) is 3.46. The molecule has 2 aromatic rings. The van der Waals surface area contributed by atoms with E-state index >= 15 is 0 Å². The van der Waals surface area contributed by atoms with Gasteiger partial charge in [0.1, 0.15) is 5.52 Å². The van der Waals surface area contributed by atoms with Crippen molar-refractivity contribution in [2.24, 2.45) is 0 Å². The molecule has 0 bridgehead atoms. The fourth-order valence-electron chi connectivity index (χ4n) is 2.43. The van der Waals surface area contributed by atoms with Gasteiger partial charge in [-0.1, -0.05) is 12.1 Å². The average Bonchev–Trinajstić information content (AvgIpc) is 3.08. The summed E-state index contributed by atoms with van der Waals surface area (Å²) in [6.07, 6.45) is 2.02. The molecule has 1 aliphatic heterocycles. The summed E-state index contributed by atoms with van der Waals surface area (Å²) < 4.78 is 10.9. The normalized spacial score (nSPS) is 19.9. The lowest BCUT2D eigenvalue weighted by Gasteiger charge is -2.09.